The van der Waals surface area contributed by atoms with E-state index in [1.807, 2.05) is 10.8 Å². The maximum atomic E-state index is 3.44. The third-order valence-electron chi connectivity index (χ3n) is 0.468. The minimum atomic E-state index is 0.551. The Kier molecular flexibility index (Phi) is 1.68. The van der Waals surface area contributed by atoms with Crippen LogP contribution >= 0.6 is 21.6 Å². The van der Waals surface area contributed by atoms with Gasteiger partial charge in [0.2, 0.25) is 0 Å². The van der Waals surface area contributed by atoms with Crippen LogP contribution in [0.4, 0.5) is 0 Å². The first kappa shape index (κ1) is 4.81. The predicted molar refractivity (Wildman–Crippen MR) is 33.9 cm³/mol. The summed E-state index contributed by atoms with van der Waals surface area (Å²) in [5.74, 6) is 0. The smallest absolute Gasteiger partial charge is 0.0485 e. The summed E-state index contributed by atoms with van der Waals surface area (Å²) < 4.78 is 0. The molecule has 1 aliphatic rings. The number of rotatable bonds is 0. The average molecular weight is 131 g/mol. The first-order chi connectivity index (χ1) is 2.89. The van der Waals surface area contributed by atoms with E-state index in [2.05, 4.69) is 21.7 Å². The molecule has 0 fully saturated rings. The summed E-state index contributed by atoms with van der Waals surface area (Å²) in [7, 11) is 7.02. The lowest BCUT2D eigenvalue weighted by molar-refractivity contribution is 1.68. The van der Waals surface area contributed by atoms with Gasteiger partial charge in [0.1, 0.15) is 0 Å². The van der Waals surface area contributed by atoms with Gasteiger partial charge in [0.15, 0.2) is 0 Å². The maximum absolute atomic E-state index is 3.44. The molecule has 0 spiro atoms. The Balaban J connectivity index is 2.38. The fraction of sp³-hybridized carbons (Fsp3) is 0.333. The van der Waals surface area contributed by atoms with E-state index in [0.29, 0.717) is 4.87 Å². The normalized spacial score (nSPS) is 31.8. The van der Waals surface area contributed by atoms with E-state index >= 15 is 0 Å². The largest absolute Gasteiger partial charge is 0.0861 e. The Labute approximate surface area is 48.6 Å². The summed E-state index contributed by atoms with van der Waals surface area (Å²) in [4.78, 5) is 0.551. The molecule has 0 saturated carbocycles. The molecule has 0 N–H and O–H groups in total. The topological polar surface area (TPSA) is 0 Å². The van der Waals surface area contributed by atoms with E-state index in [9.17, 15) is 0 Å². The molecule has 3 heteroatoms. The van der Waals surface area contributed by atoms with E-state index < -0.39 is 0 Å². The molecule has 3 radical (unpaired) electrons. The number of hydrogen-bond donors (Lipinski definition) is 0. The molecule has 0 aromatic rings. The van der Waals surface area contributed by atoms with Crippen LogP contribution in [0.1, 0.15) is 0 Å². The van der Waals surface area contributed by atoms with E-state index in [0.717, 1.165) is 0 Å². The van der Waals surface area contributed by atoms with Gasteiger partial charge in [0.05, 0.1) is 0 Å². The van der Waals surface area contributed by atoms with Gasteiger partial charge < -0.3 is 0 Å². The van der Waals surface area contributed by atoms with E-state index in [4.69, 9.17) is 0 Å². The monoisotopic (exact) mass is 131 g/mol. The predicted octanol–water partition coefficient (Wildman–Crippen LogP) is 1.39. The summed E-state index contributed by atoms with van der Waals surface area (Å²) in [5.41, 5.74) is 0. The van der Waals surface area contributed by atoms with Crippen LogP contribution in [0.5, 0.6) is 0 Å². The second-order valence-electron chi connectivity index (χ2n) is 0.942. The molecule has 0 aliphatic carbocycles. The molecule has 31 valence electrons. The van der Waals surface area contributed by atoms with Crippen LogP contribution in [0.3, 0.4) is 0 Å². The SMILES string of the molecule is [Si]C1C=CSS1. The number of hydrogen-bond acceptors (Lipinski definition) is 2. The highest BCUT2D eigenvalue weighted by Gasteiger charge is 2.00. The molecular weight excluding hydrogens is 128 g/mol. The molecule has 0 amide bonds. The van der Waals surface area contributed by atoms with Crippen LogP contribution in [0.15, 0.2) is 11.5 Å². The molecule has 1 aliphatic heterocycles. The second-order valence-corrected chi connectivity index (χ2v) is 4.30. The van der Waals surface area contributed by atoms with Crippen LogP contribution in [-0.2, 0) is 0 Å². The standard InChI is InChI=1S/C3H3S2Si/c6-3-1-2-4-5-3/h1-3H. The third kappa shape index (κ3) is 1.06. The lowest BCUT2D eigenvalue weighted by Crippen LogP contribution is -1.87. The molecule has 0 nitrogen and oxygen atoms in total. The van der Waals surface area contributed by atoms with Gasteiger partial charge >= 0.3 is 0 Å². The summed E-state index contributed by atoms with van der Waals surface area (Å²) in [5, 5.41) is 2.09. The van der Waals surface area contributed by atoms with Gasteiger partial charge in [-0.3, -0.25) is 0 Å². The molecular formula is C3H3S2Si. The Morgan fingerprint density at radius 1 is 1.67 bits per heavy atom. The summed E-state index contributed by atoms with van der Waals surface area (Å²) in [6.45, 7) is 0. The van der Waals surface area contributed by atoms with Crippen molar-refractivity contribution in [1.29, 1.82) is 0 Å². The molecule has 0 aromatic carbocycles. The Bertz CT molecular complexity index is 71.2. The van der Waals surface area contributed by atoms with Crippen molar-refractivity contribution in [2.75, 3.05) is 0 Å². The minimum Gasteiger partial charge on any atom is -0.0861 e. The lowest BCUT2D eigenvalue weighted by Gasteiger charge is -1.87. The van der Waals surface area contributed by atoms with Crippen LogP contribution in [-0.4, -0.2) is 15.1 Å². The fourth-order valence-corrected chi connectivity index (χ4v) is 2.55. The van der Waals surface area contributed by atoms with Crippen LogP contribution < -0.4 is 0 Å². The van der Waals surface area contributed by atoms with Gasteiger partial charge in [0.25, 0.3) is 0 Å². The zero-order valence-corrected chi connectivity index (χ0v) is 5.68. The highest BCUT2D eigenvalue weighted by molar-refractivity contribution is 8.78. The van der Waals surface area contributed by atoms with Crippen molar-refractivity contribution in [3.63, 3.8) is 0 Å². The van der Waals surface area contributed by atoms with Gasteiger partial charge in [-0.15, -0.1) is 0 Å². The summed E-state index contributed by atoms with van der Waals surface area (Å²) in [6.07, 6.45) is 2.12. The third-order valence-corrected chi connectivity index (χ3v) is 3.56. The Hall–Kier alpha value is 0.657. The zero-order valence-electron chi connectivity index (χ0n) is 3.05. The van der Waals surface area contributed by atoms with E-state index in [1.54, 1.807) is 10.8 Å². The van der Waals surface area contributed by atoms with Crippen molar-refractivity contribution in [2.45, 2.75) is 4.87 Å². The van der Waals surface area contributed by atoms with Crippen LogP contribution in [0, 0.1) is 0 Å². The lowest BCUT2D eigenvalue weighted by atomic mass is 10.7. The van der Waals surface area contributed by atoms with E-state index in [1.165, 1.54) is 0 Å². The fourth-order valence-electron chi connectivity index (χ4n) is 0.227. The average Bonchev–Trinajstić information content (AvgIpc) is 1.86. The highest BCUT2D eigenvalue weighted by Crippen LogP contribution is 2.33. The van der Waals surface area contributed by atoms with Crippen LogP contribution in [0.2, 0.25) is 0 Å². The Morgan fingerprint density at radius 2 is 2.50 bits per heavy atom. The van der Waals surface area contributed by atoms with Crippen molar-refractivity contribution in [3.05, 3.63) is 11.5 Å². The molecule has 6 heavy (non-hydrogen) atoms. The van der Waals surface area contributed by atoms with Crippen LogP contribution in [0.25, 0.3) is 0 Å². The first-order valence-corrected chi connectivity index (χ1v) is 4.45. The van der Waals surface area contributed by atoms with Gasteiger partial charge in [-0.05, 0) is 5.41 Å². The minimum absolute atomic E-state index is 0.551. The summed E-state index contributed by atoms with van der Waals surface area (Å²) >= 11 is 0. The highest BCUT2D eigenvalue weighted by atomic mass is 33.1. The van der Waals surface area contributed by atoms with Gasteiger partial charge in [-0.25, -0.2) is 0 Å². The van der Waals surface area contributed by atoms with Crippen molar-refractivity contribution < 1.29 is 0 Å². The van der Waals surface area contributed by atoms with E-state index in [-0.39, 0.29) is 0 Å². The second kappa shape index (κ2) is 2.09. The molecule has 1 unspecified atom stereocenters. The molecule has 1 atom stereocenters. The molecule has 0 aromatic heterocycles. The summed E-state index contributed by atoms with van der Waals surface area (Å²) in [6, 6.07) is 0. The molecule has 0 saturated heterocycles. The van der Waals surface area contributed by atoms with Crippen molar-refractivity contribution >= 4 is 31.8 Å². The van der Waals surface area contributed by atoms with Gasteiger partial charge in [0, 0.05) is 15.1 Å². The molecule has 0 bridgehead atoms. The first-order valence-electron chi connectivity index (χ1n) is 1.59. The van der Waals surface area contributed by atoms with Crippen molar-refractivity contribution in [1.82, 2.24) is 0 Å². The quantitative estimate of drug-likeness (QED) is 0.360. The molecule has 1 rings (SSSR count). The maximum Gasteiger partial charge on any atom is 0.0485 e. The van der Waals surface area contributed by atoms with Crippen molar-refractivity contribution in [2.24, 2.45) is 0 Å². The Morgan fingerprint density at radius 3 is 2.67 bits per heavy atom. The van der Waals surface area contributed by atoms with Gasteiger partial charge in [-0.1, -0.05) is 27.7 Å². The van der Waals surface area contributed by atoms with Gasteiger partial charge in [-0.2, -0.15) is 0 Å². The molecule has 1 heterocycles. The van der Waals surface area contributed by atoms with Crippen molar-refractivity contribution in [3.8, 4) is 0 Å². The zero-order chi connectivity index (χ0) is 4.41.